The predicted octanol–water partition coefficient (Wildman–Crippen LogP) is 9.19. The Bertz CT molecular complexity index is 963. The first kappa shape index (κ1) is 54.9. The molecule has 0 aliphatic carbocycles. The van der Waals surface area contributed by atoms with Crippen LogP contribution in [0.15, 0.2) is 12.2 Å². The molecule has 1 unspecified atom stereocenters. The average molecular weight is 828 g/mol. The molecule has 1 rings (SSSR count). The molecule has 0 spiro atoms. The van der Waals surface area contributed by atoms with Crippen LogP contribution in [-0.2, 0) is 14.3 Å². The van der Waals surface area contributed by atoms with Gasteiger partial charge in [-0.2, -0.15) is 0 Å². The van der Waals surface area contributed by atoms with Gasteiger partial charge in [0.05, 0.1) is 25.4 Å². The van der Waals surface area contributed by atoms with Gasteiger partial charge in [-0.15, -0.1) is 0 Å². The fourth-order valence-electron chi connectivity index (χ4n) is 7.83. The van der Waals surface area contributed by atoms with Crippen LogP contribution in [0.3, 0.4) is 0 Å². The van der Waals surface area contributed by atoms with E-state index < -0.39 is 61.5 Å². The number of amides is 1. The van der Waals surface area contributed by atoms with Crippen molar-refractivity contribution in [1.82, 2.24) is 5.32 Å². The number of rotatable bonds is 39. The number of hydrogen-bond acceptors (Lipinski definition) is 9. The van der Waals surface area contributed by atoms with E-state index in [1.807, 2.05) is 6.08 Å². The van der Waals surface area contributed by atoms with Crippen molar-refractivity contribution in [3.63, 3.8) is 0 Å². The van der Waals surface area contributed by atoms with Crippen molar-refractivity contribution in [2.24, 2.45) is 11.8 Å². The van der Waals surface area contributed by atoms with Gasteiger partial charge < -0.3 is 45.4 Å². The third kappa shape index (κ3) is 28.4. The van der Waals surface area contributed by atoms with Gasteiger partial charge in [0, 0.05) is 0 Å². The highest BCUT2D eigenvalue weighted by Gasteiger charge is 2.44. The number of nitrogens with one attached hydrogen (secondary N) is 1. The Balaban J connectivity index is 2.33. The summed E-state index contributed by atoms with van der Waals surface area (Å²) in [4.78, 5) is 13.0. The quantitative estimate of drug-likeness (QED) is 0.0236. The minimum Gasteiger partial charge on any atom is -0.394 e. The normalized spacial score (nSPS) is 21.6. The molecule has 1 saturated heterocycles. The SMILES string of the molecule is CC(C)CCCCCCCCC/C=C/[C@@H](O)[C@H](CO[C@@H]1O[C@H](CO)[C@@H](O)[C@H](O)[C@H]1O)NC(=O)C(O)CCCCCCCCCCCCCCCCCCCCC(C)C. The maximum Gasteiger partial charge on any atom is 0.249 e. The first-order valence-corrected chi connectivity index (χ1v) is 24.2. The maximum absolute atomic E-state index is 13.0. The Morgan fingerprint density at radius 3 is 1.40 bits per heavy atom. The van der Waals surface area contributed by atoms with Crippen molar-refractivity contribution in [1.29, 1.82) is 0 Å². The Labute approximate surface area is 355 Å². The van der Waals surface area contributed by atoms with Gasteiger partial charge in [-0.25, -0.2) is 0 Å². The van der Waals surface area contributed by atoms with Gasteiger partial charge in [-0.3, -0.25) is 4.79 Å². The predicted molar refractivity (Wildman–Crippen MR) is 236 cm³/mol. The molecule has 10 heteroatoms. The van der Waals surface area contributed by atoms with E-state index >= 15 is 0 Å². The molecule has 0 aromatic rings. The molecule has 0 radical (unpaired) electrons. The van der Waals surface area contributed by atoms with Crippen LogP contribution in [0.1, 0.15) is 214 Å². The molecule has 1 heterocycles. The van der Waals surface area contributed by atoms with E-state index in [0.717, 1.165) is 56.8 Å². The minimum absolute atomic E-state index is 0.303. The number of carbonyl (C=O) groups is 1. The summed E-state index contributed by atoms with van der Waals surface area (Å²) in [6, 6.07) is -0.976. The molecule has 0 aromatic carbocycles. The van der Waals surface area contributed by atoms with Crippen molar-refractivity contribution in [2.75, 3.05) is 13.2 Å². The minimum atomic E-state index is -1.61. The number of ether oxygens (including phenoxy) is 2. The summed E-state index contributed by atoms with van der Waals surface area (Å²) in [6.45, 7) is 8.26. The first-order valence-electron chi connectivity index (χ1n) is 24.2. The van der Waals surface area contributed by atoms with Gasteiger partial charge in [0.1, 0.15) is 30.5 Å². The number of hydrogen-bond donors (Lipinski definition) is 7. The lowest BCUT2D eigenvalue weighted by molar-refractivity contribution is -0.302. The van der Waals surface area contributed by atoms with Crippen LogP contribution < -0.4 is 5.32 Å². The zero-order valence-electron chi connectivity index (χ0n) is 37.8. The van der Waals surface area contributed by atoms with E-state index in [4.69, 9.17) is 9.47 Å². The van der Waals surface area contributed by atoms with Crippen LogP contribution in [0.4, 0.5) is 0 Å². The van der Waals surface area contributed by atoms with Crippen LogP contribution in [-0.4, -0.2) is 98.7 Å². The number of allylic oxidation sites excluding steroid dienone is 1. The summed E-state index contributed by atoms with van der Waals surface area (Å²) in [5, 5.41) is 64.7. The lowest BCUT2D eigenvalue weighted by atomic mass is 9.99. The second-order valence-electron chi connectivity index (χ2n) is 18.4. The van der Waals surface area contributed by atoms with Crippen LogP contribution in [0, 0.1) is 11.8 Å². The average Bonchev–Trinajstić information content (AvgIpc) is 3.19. The highest BCUT2D eigenvalue weighted by atomic mass is 16.7. The summed E-state index contributed by atoms with van der Waals surface area (Å²) in [6.07, 6.45) is 28.9. The molecule has 0 bridgehead atoms. The van der Waals surface area contributed by atoms with Crippen LogP contribution in [0.25, 0.3) is 0 Å². The molecule has 10 nitrogen and oxygen atoms in total. The van der Waals surface area contributed by atoms with E-state index in [0.29, 0.717) is 6.42 Å². The molecule has 1 amide bonds. The first-order chi connectivity index (χ1) is 28.0. The molecule has 7 N–H and O–H groups in total. The molecule has 344 valence electrons. The molecular formula is C48H93NO9. The molecule has 1 aliphatic heterocycles. The second kappa shape index (κ2) is 36.5. The third-order valence-corrected chi connectivity index (χ3v) is 11.8. The number of unbranched alkanes of at least 4 members (excludes halogenated alkanes) is 24. The van der Waals surface area contributed by atoms with Gasteiger partial charge in [-0.05, 0) is 31.1 Å². The number of carbonyl (C=O) groups excluding carboxylic acids is 1. The molecule has 1 fully saturated rings. The highest BCUT2D eigenvalue weighted by molar-refractivity contribution is 5.80. The van der Waals surface area contributed by atoms with Gasteiger partial charge in [-0.1, -0.05) is 207 Å². The van der Waals surface area contributed by atoms with Gasteiger partial charge in [0.2, 0.25) is 5.91 Å². The summed E-state index contributed by atoms with van der Waals surface area (Å²) < 4.78 is 11.1. The standard InChI is InChI=1S/C48H93NO9/c1-38(2)32-28-24-20-16-13-11-9-7-5-6-8-10-12-14-18-23-27-31-35-42(52)47(56)49-40(37-57-48-46(55)45(54)44(53)43(36-50)58-48)41(51)34-30-26-22-19-15-17-21-25-29-33-39(3)4/h30,34,38-46,48,50-55H,5-29,31-33,35-37H2,1-4H3,(H,49,56)/b34-30+/t40-,41+,42?,43+,44+,45-,46+,48+/m0/s1. The Kier molecular flexibility index (Phi) is 34.6. The van der Waals surface area contributed by atoms with Crippen LogP contribution in [0.2, 0.25) is 0 Å². The molecular weight excluding hydrogens is 735 g/mol. The fraction of sp³-hybridized carbons (Fsp3) is 0.938. The van der Waals surface area contributed by atoms with Crippen LogP contribution >= 0.6 is 0 Å². The van der Waals surface area contributed by atoms with E-state index in [9.17, 15) is 35.4 Å². The number of aliphatic hydroxyl groups excluding tert-OH is 6. The number of aliphatic hydroxyl groups is 6. The molecule has 8 atom stereocenters. The van der Waals surface area contributed by atoms with Crippen molar-refractivity contribution < 1.29 is 44.9 Å². The summed E-state index contributed by atoms with van der Waals surface area (Å²) in [7, 11) is 0. The largest absolute Gasteiger partial charge is 0.394 e. The molecule has 0 aromatic heterocycles. The molecule has 58 heavy (non-hydrogen) atoms. The topological polar surface area (TPSA) is 169 Å². The second-order valence-corrected chi connectivity index (χ2v) is 18.4. The Morgan fingerprint density at radius 2 is 0.983 bits per heavy atom. The zero-order chi connectivity index (χ0) is 42.8. The van der Waals surface area contributed by atoms with Crippen molar-refractivity contribution in [2.45, 2.75) is 263 Å². The molecule has 1 aliphatic rings. The van der Waals surface area contributed by atoms with Gasteiger partial charge >= 0.3 is 0 Å². The van der Waals surface area contributed by atoms with Gasteiger partial charge in [0.15, 0.2) is 6.29 Å². The highest BCUT2D eigenvalue weighted by Crippen LogP contribution is 2.23. The lowest BCUT2D eigenvalue weighted by Gasteiger charge is -2.40. The third-order valence-electron chi connectivity index (χ3n) is 11.8. The lowest BCUT2D eigenvalue weighted by Crippen LogP contribution is -2.60. The maximum atomic E-state index is 13.0. The Morgan fingerprint density at radius 1 is 0.586 bits per heavy atom. The summed E-state index contributed by atoms with van der Waals surface area (Å²) in [5.74, 6) is 0.994. The van der Waals surface area contributed by atoms with Crippen molar-refractivity contribution in [3.8, 4) is 0 Å². The van der Waals surface area contributed by atoms with Gasteiger partial charge in [0.25, 0.3) is 0 Å². The van der Waals surface area contributed by atoms with E-state index in [1.54, 1.807) is 6.08 Å². The zero-order valence-corrected chi connectivity index (χ0v) is 37.8. The molecule has 0 saturated carbocycles. The van der Waals surface area contributed by atoms with E-state index in [1.165, 1.54) is 135 Å². The fourth-order valence-corrected chi connectivity index (χ4v) is 7.83. The van der Waals surface area contributed by atoms with E-state index in [-0.39, 0.29) is 6.61 Å². The smallest absolute Gasteiger partial charge is 0.249 e. The van der Waals surface area contributed by atoms with E-state index in [2.05, 4.69) is 33.0 Å². The monoisotopic (exact) mass is 828 g/mol. The summed E-state index contributed by atoms with van der Waals surface area (Å²) >= 11 is 0. The summed E-state index contributed by atoms with van der Waals surface area (Å²) in [5.41, 5.74) is 0. The van der Waals surface area contributed by atoms with Crippen LogP contribution in [0.5, 0.6) is 0 Å². The Hall–Kier alpha value is -1.11. The van der Waals surface area contributed by atoms with Crippen molar-refractivity contribution in [3.05, 3.63) is 12.2 Å². The van der Waals surface area contributed by atoms with Crippen molar-refractivity contribution >= 4 is 5.91 Å².